The minimum Gasteiger partial charge on any atom is -0.481 e. The Labute approximate surface area is 180 Å². The molecule has 0 amide bonds. The monoisotopic (exact) mass is 443 g/mol. The molecule has 2 rings (SSSR count). The largest absolute Gasteiger partial charge is 0.481 e. The van der Waals surface area contributed by atoms with E-state index in [1.807, 2.05) is 68.6 Å². The van der Waals surface area contributed by atoms with Crippen LogP contribution in [0.5, 0.6) is 0 Å². The zero-order chi connectivity index (χ0) is 20.0. The molecule has 0 fully saturated rings. The number of nitrogens with zero attached hydrogens (tertiary/aromatic N) is 2. The van der Waals surface area contributed by atoms with Crippen molar-refractivity contribution in [1.82, 2.24) is 5.32 Å². The third-order valence-electron chi connectivity index (χ3n) is 3.76. The number of aliphatic imine (C=N–C) groups is 1. The Morgan fingerprint density at radius 3 is 2.22 bits per heavy atom. The first-order chi connectivity index (χ1) is 12.7. The third-order valence-corrected chi connectivity index (χ3v) is 4.77. The number of nitrogens with one attached hydrogen (secondary N) is 1. The number of thiocarbonyl (C=S) groups is 1. The van der Waals surface area contributed by atoms with Gasteiger partial charge >= 0.3 is 0 Å². The molecule has 0 saturated carbocycles. The summed E-state index contributed by atoms with van der Waals surface area (Å²) < 4.78 is 3.67. The van der Waals surface area contributed by atoms with Gasteiger partial charge in [0, 0.05) is 18.3 Å². The van der Waals surface area contributed by atoms with Gasteiger partial charge in [-0.1, -0.05) is 70.7 Å². The second-order valence-corrected chi connectivity index (χ2v) is 8.55. The van der Waals surface area contributed by atoms with Crippen LogP contribution in [-0.4, -0.2) is 35.1 Å². The SMILES string of the molecule is CO/C(=N\C(NC(=S)N(C)c1ccccc1)C(Cl)(Cl)Cl)c1ccc(C)cc1. The van der Waals surface area contributed by atoms with E-state index in [1.165, 1.54) is 7.11 Å². The summed E-state index contributed by atoms with van der Waals surface area (Å²) in [5.41, 5.74) is 2.79. The van der Waals surface area contributed by atoms with E-state index in [4.69, 9.17) is 51.8 Å². The highest BCUT2D eigenvalue weighted by Gasteiger charge is 2.34. The number of hydrogen-bond donors (Lipinski definition) is 1. The molecule has 0 spiro atoms. The summed E-state index contributed by atoms with van der Waals surface area (Å²) in [6.07, 6.45) is -0.947. The highest BCUT2D eigenvalue weighted by atomic mass is 35.6. The van der Waals surface area contributed by atoms with Crippen LogP contribution in [0.2, 0.25) is 0 Å². The van der Waals surface area contributed by atoms with Gasteiger partial charge in [0.25, 0.3) is 0 Å². The normalized spacial score (nSPS) is 13.0. The van der Waals surface area contributed by atoms with Crippen molar-refractivity contribution in [3.8, 4) is 0 Å². The van der Waals surface area contributed by atoms with E-state index in [0.717, 1.165) is 16.8 Å². The first-order valence-corrected chi connectivity index (χ1v) is 9.61. The summed E-state index contributed by atoms with van der Waals surface area (Å²) in [5, 5.41) is 3.36. The van der Waals surface area contributed by atoms with E-state index in [2.05, 4.69) is 10.3 Å². The summed E-state index contributed by atoms with van der Waals surface area (Å²) in [6.45, 7) is 2.00. The number of hydrogen-bond acceptors (Lipinski definition) is 3. The van der Waals surface area contributed by atoms with Crippen LogP contribution in [0.4, 0.5) is 5.69 Å². The van der Waals surface area contributed by atoms with Gasteiger partial charge in [-0.25, -0.2) is 4.99 Å². The molecule has 0 aromatic heterocycles. The van der Waals surface area contributed by atoms with Crippen molar-refractivity contribution in [1.29, 1.82) is 0 Å². The Hall–Kier alpha value is -1.53. The Morgan fingerprint density at radius 2 is 1.70 bits per heavy atom. The Morgan fingerprint density at radius 1 is 1.11 bits per heavy atom. The second-order valence-electron chi connectivity index (χ2n) is 5.79. The van der Waals surface area contributed by atoms with E-state index >= 15 is 0 Å². The zero-order valence-corrected chi connectivity index (χ0v) is 18.2. The molecule has 2 aromatic carbocycles. The topological polar surface area (TPSA) is 36.9 Å². The quantitative estimate of drug-likeness (QED) is 0.308. The van der Waals surface area contributed by atoms with Gasteiger partial charge in [0.1, 0.15) is 0 Å². The van der Waals surface area contributed by atoms with E-state index in [0.29, 0.717) is 11.0 Å². The van der Waals surface area contributed by atoms with Gasteiger partial charge in [-0.15, -0.1) is 0 Å². The molecule has 0 bridgehead atoms. The van der Waals surface area contributed by atoms with Gasteiger partial charge in [-0.05, 0) is 43.4 Å². The van der Waals surface area contributed by atoms with E-state index in [1.54, 1.807) is 4.90 Å². The second kappa shape index (κ2) is 9.60. The average molecular weight is 445 g/mol. The highest BCUT2D eigenvalue weighted by molar-refractivity contribution is 7.80. The summed E-state index contributed by atoms with van der Waals surface area (Å²) in [6, 6.07) is 17.3. The number of rotatable bonds is 4. The molecule has 2 aromatic rings. The molecule has 0 aliphatic carbocycles. The number of ether oxygens (including phenoxy) is 1. The van der Waals surface area contributed by atoms with Crippen LogP contribution in [0.25, 0.3) is 0 Å². The summed E-state index contributed by atoms with van der Waals surface area (Å²) in [4.78, 5) is 6.23. The van der Waals surface area contributed by atoms with Crippen LogP contribution < -0.4 is 10.2 Å². The van der Waals surface area contributed by atoms with Crippen molar-refractivity contribution in [2.45, 2.75) is 16.9 Å². The van der Waals surface area contributed by atoms with Gasteiger partial charge < -0.3 is 15.0 Å². The average Bonchev–Trinajstić information content (AvgIpc) is 2.65. The van der Waals surface area contributed by atoms with Crippen LogP contribution >= 0.6 is 47.0 Å². The maximum Gasteiger partial charge on any atom is 0.230 e. The Bertz CT molecular complexity index is 792. The molecule has 0 heterocycles. The first kappa shape index (κ1) is 21.8. The minimum absolute atomic E-state index is 0.337. The number of methoxy groups -OCH3 is 1. The van der Waals surface area contributed by atoms with Crippen LogP contribution in [0, 0.1) is 6.92 Å². The lowest BCUT2D eigenvalue weighted by atomic mass is 10.1. The van der Waals surface area contributed by atoms with Crippen molar-refractivity contribution in [2.75, 3.05) is 19.1 Å². The van der Waals surface area contributed by atoms with Crippen molar-refractivity contribution < 1.29 is 4.74 Å². The van der Waals surface area contributed by atoms with Gasteiger partial charge in [0.05, 0.1) is 7.11 Å². The fraction of sp³-hybridized carbons (Fsp3) is 0.263. The number of para-hydroxylation sites is 1. The molecular weight excluding hydrogens is 425 g/mol. The van der Waals surface area contributed by atoms with Crippen molar-refractivity contribution in [3.05, 3.63) is 65.7 Å². The third kappa shape index (κ3) is 6.25. The van der Waals surface area contributed by atoms with E-state index in [9.17, 15) is 0 Å². The van der Waals surface area contributed by atoms with Crippen molar-refractivity contribution in [3.63, 3.8) is 0 Å². The first-order valence-electron chi connectivity index (χ1n) is 8.07. The lowest BCUT2D eigenvalue weighted by Crippen LogP contribution is -2.48. The number of aryl methyl sites for hydroxylation is 1. The maximum atomic E-state index is 6.14. The molecule has 0 aliphatic rings. The Kier molecular flexibility index (Phi) is 7.74. The standard InChI is InChI=1S/C19H20Cl3N3OS/c1-13-9-11-14(12-10-13)16(26-3)23-17(19(20,21)22)24-18(27)25(2)15-7-5-4-6-8-15/h4-12,17H,1-3H3,(H,24,27)/b23-16-. The predicted molar refractivity (Wildman–Crippen MR) is 119 cm³/mol. The lowest BCUT2D eigenvalue weighted by molar-refractivity contribution is 0.397. The number of anilines is 1. The van der Waals surface area contributed by atoms with Crippen molar-refractivity contribution in [2.24, 2.45) is 4.99 Å². The van der Waals surface area contributed by atoms with Crippen LogP contribution in [0.15, 0.2) is 59.6 Å². The molecule has 0 saturated heterocycles. The summed E-state index contributed by atoms with van der Waals surface area (Å²) in [7, 11) is 3.34. The van der Waals surface area contributed by atoms with Gasteiger partial charge in [0.2, 0.25) is 9.69 Å². The van der Waals surface area contributed by atoms with Crippen LogP contribution in [0.1, 0.15) is 11.1 Å². The molecular formula is C19H20Cl3N3OS. The fourth-order valence-electron chi connectivity index (χ4n) is 2.23. The van der Waals surface area contributed by atoms with E-state index in [-0.39, 0.29) is 0 Å². The lowest BCUT2D eigenvalue weighted by Gasteiger charge is -2.28. The molecule has 4 nitrogen and oxygen atoms in total. The number of alkyl halides is 3. The smallest absolute Gasteiger partial charge is 0.230 e. The van der Waals surface area contributed by atoms with Crippen molar-refractivity contribution >= 4 is 63.7 Å². The minimum atomic E-state index is -1.74. The van der Waals surface area contributed by atoms with E-state index < -0.39 is 9.96 Å². The summed E-state index contributed by atoms with van der Waals surface area (Å²) >= 11 is 23.9. The molecule has 144 valence electrons. The van der Waals surface area contributed by atoms with Crippen LogP contribution in [0.3, 0.4) is 0 Å². The number of halogens is 3. The maximum absolute atomic E-state index is 6.14. The molecule has 8 heteroatoms. The van der Waals surface area contributed by atoms with Crippen LogP contribution in [-0.2, 0) is 4.74 Å². The summed E-state index contributed by atoms with van der Waals surface area (Å²) in [5.74, 6) is 0.337. The predicted octanol–water partition coefficient (Wildman–Crippen LogP) is 5.10. The molecule has 1 unspecified atom stereocenters. The molecule has 1 N–H and O–H groups in total. The van der Waals surface area contributed by atoms with Gasteiger partial charge in [-0.3, -0.25) is 0 Å². The Balaban J connectivity index is 2.26. The molecule has 1 atom stereocenters. The zero-order valence-electron chi connectivity index (χ0n) is 15.1. The van der Waals surface area contributed by atoms with Gasteiger partial charge in [0.15, 0.2) is 11.3 Å². The molecule has 27 heavy (non-hydrogen) atoms. The fourth-order valence-corrected chi connectivity index (χ4v) is 2.76. The number of benzene rings is 2. The molecule has 0 aliphatic heterocycles. The highest BCUT2D eigenvalue weighted by Crippen LogP contribution is 2.32. The van der Waals surface area contributed by atoms with Gasteiger partial charge in [-0.2, -0.15) is 0 Å². The molecule has 0 radical (unpaired) electrons.